The summed E-state index contributed by atoms with van der Waals surface area (Å²) in [6.07, 6.45) is 2.80. The Morgan fingerprint density at radius 2 is 1.89 bits per heavy atom. The van der Waals surface area contributed by atoms with E-state index in [1.54, 1.807) is 12.1 Å². The maximum atomic E-state index is 8.68. The Labute approximate surface area is 120 Å². The predicted molar refractivity (Wildman–Crippen MR) is 76.6 cm³/mol. The fraction of sp³-hybridized carbons (Fsp3) is 0.0667. The van der Waals surface area contributed by atoms with Gasteiger partial charge in [0.1, 0.15) is 12.8 Å². The van der Waals surface area contributed by atoms with Crippen molar-refractivity contribution >= 4 is 22.1 Å². The molecule has 2 aromatic rings. The van der Waals surface area contributed by atoms with Gasteiger partial charge in [-0.25, -0.2) is 0 Å². The zero-order valence-corrected chi connectivity index (χ0v) is 11.6. The molecule has 0 aliphatic heterocycles. The summed E-state index contributed by atoms with van der Waals surface area (Å²) in [7, 11) is 0. The van der Waals surface area contributed by atoms with Crippen molar-refractivity contribution in [2.45, 2.75) is 6.61 Å². The highest BCUT2D eigenvalue weighted by molar-refractivity contribution is 9.10. The van der Waals surface area contributed by atoms with Crippen LogP contribution in [0.1, 0.15) is 16.7 Å². The minimum Gasteiger partial charge on any atom is -0.390 e. The summed E-state index contributed by atoms with van der Waals surface area (Å²) < 4.78 is 0.972. The van der Waals surface area contributed by atoms with Gasteiger partial charge in [0.05, 0.1) is 11.6 Å². The van der Waals surface area contributed by atoms with Crippen LogP contribution in [0.2, 0.25) is 0 Å². The molecule has 0 amide bonds. The van der Waals surface area contributed by atoms with Crippen LogP contribution in [0.15, 0.2) is 58.2 Å². The van der Waals surface area contributed by atoms with E-state index < -0.39 is 0 Å². The van der Waals surface area contributed by atoms with Gasteiger partial charge in [-0.1, -0.05) is 45.4 Å². The van der Waals surface area contributed by atoms with Crippen LogP contribution >= 0.6 is 15.9 Å². The normalized spacial score (nSPS) is 10.3. The number of halogens is 1. The van der Waals surface area contributed by atoms with Gasteiger partial charge in [-0.15, -0.1) is 0 Å². The monoisotopic (exact) mass is 313 g/mol. The molecule has 0 atom stereocenters. The van der Waals surface area contributed by atoms with Crippen LogP contribution in [0.25, 0.3) is 0 Å². The van der Waals surface area contributed by atoms with Gasteiger partial charge >= 0.3 is 0 Å². The van der Waals surface area contributed by atoms with E-state index in [0.29, 0.717) is 12.2 Å². The quantitative estimate of drug-likeness (QED) is 0.637. The number of hydrogen-bond acceptors (Lipinski definition) is 3. The first-order valence-corrected chi connectivity index (χ1v) is 6.40. The first-order valence-electron chi connectivity index (χ1n) is 5.60. The van der Waals surface area contributed by atoms with E-state index in [4.69, 9.17) is 10.1 Å². The van der Waals surface area contributed by atoms with Crippen molar-refractivity contribution in [2.24, 2.45) is 5.16 Å². The van der Waals surface area contributed by atoms with Crippen LogP contribution in [-0.2, 0) is 11.4 Å². The lowest BCUT2D eigenvalue weighted by molar-refractivity contribution is 0.132. The molecule has 0 aliphatic rings. The lowest BCUT2D eigenvalue weighted by atomic mass is 10.2. The molecule has 2 aromatic carbocycles. The van der Waals surface area contributed by atoms with E-state index >= 15 is 0 Å². The average Bonchev–Trinajstić information content (AvgIpc) is 2.44. The molecule has 0 heterocycles. The summed E-state index contributed by atoms with van der Waals surface area (Å²) in [5, 5.41) is 12.5. The third-order valence-electron chi connectivity index (χ3n) is 2.38. The van der Waals surface area contributed by atoms with E-state index in [-0.39, 0.29) is 0 Å². The van der Waals surface area contributed by atoms with Crippen LogP contribution in [0.5, 0.6) is 0 Å². The predicted octanol–water partition coefficient (Wildman–Crippen LogP) is 3.75. The van der Waals surface area contributed by atoms with Crippen molar-refractivity contribution in [2.75, 3.05) is 0 Å². The molecule has 0 aliphatic carbocycles. The lowest BCUT2D eigenvalue weighted by Crippen LogP contribution is -1.88. The van der Waals surface area contributed by atoms with E-state index in [0.717, 1.165) is 15.6 Å². The zero-order valence-electron chi connectivity index (χ0n) is 10.0. The van der Waals surface area contributed by atoms with Crippen molar-refractivity contribution < 1.29 is 4.84 Å². The van der Waals surface area contributed by atoms with Gasteiger partial charge in [-0.05, 0) is 29.8 Å². The Morgan fingerprint density at radius 3 is 2.58 bits per heavy atom. The summed E-state index contributed by atoms with van der Waals surface area (Å²) in [4.78, 5) is 5.15. The summed E-state index contributed by atoms with van der Waals surface area (Å²) in [5.74, 6) is 0. The third kappa shape index (κ3) is 4.23. The van der Waals surface area contributed by atoms with Crippen LogP contribution in [0.4, 0.5) is 0 Å². The number of nitriles is 1. The van der Waals surface area contributed by atoms with Crippen molar-refractivity contribution in [3.05, 3.63) is 69.7 Å². The van der Waals surface area contributed by atoms with Crippen LogP contribution < -0.4 is 0 Å². The maximum Gasteiger partial charge on any atom is 0.142 e. The summed E-state index contributed by atoms with van der Waals surface area (Å²) in [6.45, 7) is 0.354. The van der Waals surface area contributed by atoms with Gasteiger partial charge in [0.25, 0.3) is 0 Å². The highest BCUT2D eigenvalue weighted by Gasteiger charge is 1.94. The van der Waals surface area contributed by atoms with Crippen molar-refractivity contribution in [1.82, 2.24) is 0 Å². The zero-order chi connectivity index (χ0) is 13.5. The topological polar surface area (TPSA) is 45.4 Å². The SMILES string of the molecule is N#Cc1ccc(CO/N=[C]\c2cccc(Br)c2)cc1. The van der Waals surface area contributed by atoms with Gasteiger partial charge in [0.15, 0.2) is 0 Å². The van der Waals surface area contributed by atoms with Crippen molar-refractivity contribution in [3.63, 3.8) is 0 Å². The molecule has 1 radical (unpaired) electrons. The molecule has 0 bridgehead atoms. The fourth-order valence-electron chi connectivity index (χ4n) is 1.43. The standard InChI is InChI=1S/C15H10BrN2O/c16-15-3-1-2-14(8-15)10-18-19-11-13-6-4-12(9-17)5-7-13/h1-8H,11H2. The van der Waals surface area contributed by atoms with Gasteiger partial charge in [0.2, 0.25) is 0 Å². The van der Waals surface area contributed by atoms with Crippen molar-refractivity contribution in [3.8, 4) is 6.07 Å². The highest BCUT2D eigenvalue weighted by atomic mass is 79.9. The number of rotatable bonds is 4. The van der Waals surface area contributed by atoms with Crippen LogP contribution in [0, 0.1) is 11.3 Å². The summed E-state index contributed by atoms with van der Waals surface area (Å²) in [6, 6.07) is 16.9. The smallest absolute Gasteiger partial charge is 0.142 e. The molecule has 0 saturated heterocycles. The molecule has 3 nitrogen and oxygen atoms in total. The number of benzene rings is 2. The van der Waals surface area contributed by atoms with E-state index in [1.165, 1.54) is 0 Å². The Balaban J connectivity index is 1.87. The van der Waals surface area contributed by atoms with E-state index in [1.807, 2.05) is 36.4 Å². The van der Waals surface area contributed by atoms with Crippen LogP contribution in [0.3, 0.4) is 0 Å². The molecule has 19 heavy (non-hydrogen) atoms. The molecule has 0 aromatic heterocycles. The summed E-state index contributed by atoms with van der Waals surface area (Å²) >= 11 is 3.37. The van der Waals surface area contributed by atoms with Crippen LogP contribution in [-0.4, -0.2) is 6.21 Å². The van der Waals surface area contributed by atoms with Gasteiger partial charge in [0, 0.05) is 10.0 Å². The molecule has 0 fully saturated rings. The molecular formula is C15H10BrN2O. The first-order chi connectivity index (χ1) is 9.28. The first kappa shape index (κ1) is 13.3. The largest absolute Gasteiger partial charge is 0.390 e. The summed E-state index contributed by atoms with van der Waals surface area (Å²) in [5.41, 5.74) is 2.43. The average molecular weight is 314 g/mol. The second kappa shape index (κ2) is 6.72. The van der Waals surface area contributed by atoms with Gasteiger partial charge in [-0.3, -0.25) is 0 Å². The lowest BCUT2D eigenvalue weighted by Gasteiger charge is -1.99. The number of nitrogens with zero attached hydrogens (tertiary/aromatic N) is 2. The van der Waals surface area contributed by atoms with Crippen molar-refractivity contribution in [1.29, 1.82) is 5.26 Å². The molecular weight excluding hydrogens is 304 g/mol. The fourth-order valence-corrected chi connectivity index (χ4v) is 1.82. The minimum atomic E-state index is 0.354. The van der Waals surface area contributed by atoms with E-state index in [9.17, 15) is 0 Å². The second-order valence-corrected chi connectivity index (χ2v) is 4.71. The molecule has 2 rings (SSSR count). The Bertz CT molecular complexity index is 615. The van der Waals surface area contributed by atoms with Gasteiger partial charge in [-0.2, -0.15) is 5.26 Å². The molecule has 0 spiro atoms. The molecule has 93 valence electrons. The Hall–Kier alpha value is -2.12. The maximum absolute atomic E-state index is 8.68. The molecule has 0 unspecified atom stereocenters. The number of hydrogen-bond donors (Lipinski definition) is 0. The van der Waals surface area contributed by atoms with Gasteiger partial charge < -0.3 is 4.84 Å². The molecule has 4 heteroatoms. The minimum absolute atomic E-state index is 0.354. The third-order valence-corrected chi connectivity index (χ3v) is 2.87. The molecule has 0 N–H and O–H groups in total. The Morgan fingerprint density at radius 1 is 1.11 bits per heavy atom. The second-order valence-electron chi connectivity index (χ2n) is 3.80. The Kier molecular flexibility index (Phi) is 4.71. The highest BCUT2D eigenvalue weighted by Crippen LogP contribution is 2.10. The van der Waals surface area contributed by atoms with E-state index in [2.05, 4.69) is 33.4 Å². The molecule has 0 saturated carbocycles.